The first-order chi connectivity index (χ1) is 11.6. The van der Waals surface area contributed by atoms with Crippen LogP contribution >= 0.6 is 0 Å². The summed E-state index contributed by atoms with van der Waals surface area (Å²) in [4.78, 5) is 34.0. The van der Waals surface area contributed by atoms with Gasteiger partial charge in [0.15, 0.2) is 0 Å². The second-order valence-corrected chi connectivity index (χ2v) is 5.42. The Morgan fingerprint density at radius 3 is 2.38 bits per heavy atom. The highest BCUT2D eigenvalue weighted by Gasteiger charge is 2.07. The number of carboxylic acid groups (broad SMARTS) is 1. The summed E-state index contributed by atoms with van der Waals surface area (Å²) >= 11 is 0. The predicted octanol–water partition coefficient (Wildman–Crippen LogP) is 1.94. The number of benzene rings is 2. The molecule has 24 heavy (non-hydrogen) atoms. The molecule has 6 nitrogen and oxygen atoms in total. The van der Waals surface area contributed by atoms with Gasteiger partial charge in [-0.1, -0.05) is 30.3 Å². The molecule has 0 aliphatic carbocycles. The van der Waals surface area contributed by atoms with E-state index in [9.17, 15) is 14.4 Å². The second-order valence-electron chi connectivity index (χ2n) is 5.42. The third-order valence-electron chi connectivity index (χ3n) is 3.54. The van der Waals surface area contributed by atoms with Crippen LogP contribution in [0.2, 0.25) is 0 Å². The number of carbonyl (C=O) groups excluding carboxylic acids is 2. The van der Waals surface area contributed by atoms with Crippen molar-refractivity contribution in [2.45, 2.75) is 19.3 Å². The van der Waals surface area contributed by atoms with Gasteiger partial charge >= 0.3 is 5.97 Å². The summed E-state index contributed by atoms with van der Waals surface area (Å²) < 4.78 is 0. The molecule has 0 fully saturated rings. The first kappa shape index (κ1) is 17.5. The first-order valence-corrected chi connectivity index (χ1v) is 7.82. The fraction of sp³-hybridized carbons (Fsp3) is 0.278. The normalized spacial score (nSPS) is 10.3. The van der Waals surface area contributed by atoms with Crippen LogP contribution in [-0.4, -0.2) is 36.0 Å². The Morgan fingerprint density at radius 2 is 1.62 bits per heavy atom. The molecule has 0 bridgehead atoms. The van der Waals surface area contributed by atoms with Crippen molar-refractivity contribution in [3.8, 4) is 0 Å². The largest absolute Gasteiger partial charge is 0.481 e. The quantitative estimate of drug-likeness (QED) is 0.645. The lowest BCUT2D eigenvalue weighted by molar-refractivity contribution is -0.137. The van der Waals surface area contributed by atoms with Crippen LogP contribution in [0.15, 0.2) is 42.5 Å². The number of hydrogen-bond acceptors (Lipinski definition) is 3. The summed E-state index contributed by atoms with van der Waals surface area (Å²) in [6.07, 6.45) is 0.579. The molecule has 6 heteroatoms. The molecule has 3 N–H and O–H groups in total. The van der Waals surface area contributed by atoms with E-state index in [0.717, 1.165) is 10.8 Å². The van der Waals surface area contributed by atoms with E-state index in [-0.39, 0.29) is 31.2 Å². The minimum atomic E-state index is -0.883. The molecule has 0 radical (unpaired) electrons. The smallest absolute Gasteiger partial charge is 0.303 e. The number of rotatable bonds is 8. The van der Waals surface area contributed by atoms with Gasteiger partial charge in [0.05, 0.1) is 0 Å². The van der Waals surface area contributed by atoms with Gasteiger partial charge in [-0.05, 0) is 29.3 Å². The van der Waals surface area contributed by atoms with Gasteiger partial charge in [0.25, 0.3) is 5.91 Å². The standard InChI is InChI=1S/C18H20N2O4/c21-16(19-10-3-6-17(22)23)9-11-20-18(24)15-8-7-13-4-1-2-5-14(13)12-15/h1-2,4-5,7-8,12H,3,6,9-11H2,(H,19,21)(H,20,24)(H,22,23). The molecule has 0 aromatic heterocycles. The molecule has 0 saturated heterocycles. The summed E-state index contributed by atoms with van der Waals surface area (Å²) in [7, 11) is 0. The number of hydrogen-bond donors (Lipinski definition) is 3. The van der Waals surface area contributed by atoms with E-state index in [1.165, 1.54) is 0 Å². The lowest BCUT2D eigenvalue weighted by atomic mass is 10.1. The van der Waals surface area contributed by atoms with Crippen LogP contribution in [0.1, 0.15) is 29.6 Å². The molecule has 0 atom stereocenters. The van der Waals surface area contributed by atoms with Gasteiger partial charge in [-0.2, -0.15) is 0 Å². The molecule has 2 aromatic carbocycles. The van der Waals surface area contributed by atoms with Crippen molar-refractivity contribution in [2.24, 2.45) is 0 Å². The molecule has 2 rings (SSSR count). The Kier molecular flexibility index (Phi) is 6.31. The molecule has 2 amide bonds. The van der Waals surface area contributed by atoms with Gasteiger partial charge in [-0.3, -0.25) is 14.4 Å². The third kappa shape index (κ3) is 5.39. The molecule has 0 spiro atoms. The van der Waals surface area contributed by atoms with Crippen LogP contribution in [-0.2, 0) is 9.59 Å². The monoisotopic (exact) mass is 328 g/mol. The molecular weight excluding hydrogens is 308 g/mol. The lowest BCUT2D eigenvalue weighted by Crippen LogP contribution is -2.31. The van der Waals surface area contributed by atoms with Crippen molar-refractivity contribution < 1.29 is 19.5 Å². The van der Waals surface area contributed by atoms with E-state index >= 15 is 0 Å². The molecule has 0 heterocycles. The zero-order chi connectivity index (χ0) is 17.4. The Balaban J connectivity index is 1.74. The van der Waals surface area contributed by atoms with Gasteiger partial charge in [0, 0.05) is 31.5 Å². The van der Waals surface area contributed by atoms with E-state index in [1.807, 2.05) is 36.4 Å². The fourth-order valence-electron chi connectivity index (χ4n) is 2.28. The SMILES string of the molecule is O=C(O)CCCNC(=O)CCNC(=O)c1ccc2ccccc2c1. The van der Waals surface area contributed by atoms with Gasteiger partial charge in [0.1, 0.15) is 0 Å². The van der Waals surface area contributed by atoms with Crippen molar-refractivity contribution in [3.05, 3.63) is 48.0 Å². The minimum Gasteiger partial charge on any atom is -0.481 e. The van der Waals surface area contributed by atoms with E-state index in [2.05, 4.69) is 10.6 Å². The summed E-state index contributed by atoms with van der Waals surface area (Å²) in [5.41, 5.74) is 0.551. The molecule has 0 saturated carbocycles. The van der Waals surface area contributed by atoms with Crippen LogP contribution in [0.3, 0.4) is 0 Å². The van der Waals surface area contributed by atoms with Gasteiger partial charge in [-0.15, -0.1) is 0 Å². The number of carbonyl (C=O) groups is 3. The minimum absolute atomic E-state index is 0.0268. The summed E-state index contributed by atoms with van der Waals surface area (Å²) in [5, 5.41) is 15.9. The Labute approximate surface area is 139 Å². The molecular formula is C18H20N2O4. The Hall–Kier alpha value is -2.89. The topological polar surface area (TPSA) is 95.5 Å². The first-order valence-electron chi connectivity index (χ1n) is 7.82. The average molecular weight is 328 g/mol. The third-order valence-corrected chi connectivity index (χ3v) is 3.54. The molecule has 126 valence electrons. The van der Waals surface area contributed by atoms with Crippen molar-refractivity contribution in [3.63, 3.8) is 0 Å². The maximum absolute atomic E-state index is 12.1. The molecule has 0 aliphatic heterocycles. The lowest BCUT2D eigenvalue weighted by Gasteiger charge is -2.07. The molecule has 2 aromatic rings. The fourth-order valence-corrected chi connectivity index (χ4v) is 2.28. The van der Waals surface area contributed by atoms with E-state index in [0.29, 0.717) is 18.5 Å². The number of fused-ring (bicyclic) bond motifs is 1. The maximum Gasteiger partial charge on any atom is 0.303 e. The van der Waals surface area contributed by atoms with Crippen LogP contribution in [0, 0.1) is 0 Å². The van der Waals surface area contributed by atoms with Gasteiger partial charge in [-0.25, -0.2) is 0 Å². The predicted molar refractivity (Wildman–Crippen MR) is 90.8 cm³/mol. The number of carboxylic acids is 1. The zero-order valence-corrected chi connectivity index (χ0v) is 13.2. The van der Waals surface area contributed by atoms with Crippen molar-refractivity contribution >= 4 is 28.6 Å². The second kappa shape index (κ2) is 8.67. The van der Waals surface area contributed by atoms with E-state index in [1.54, 1.807) is 6.07 Å². The van der Waals surface area contributed by atoms with Crippen LogP contribution in [0.25, 0.3) is 10.8 Å². The van der Waals surface area contributed by atoms with Gasteiger partial charge in [0.2, 0.25) is 5.91 Å². The maximum atomic E-state index is 12.1. The Morgan fingerprint density at radius 1 is 0.875 bits per heavy atom. The molecule has 0 aliphatic rings. The van der Waals surface area contributed by atoms with Crippen molar-refractivity contribution in [1.29, 1.82) is 0 Å². The summed E-state index contributed by atoms with van der Waals surface area (Å²) in [6, 6.07) is 13.2. The van der Waals surface area contributed by atoms with Gasteiger partial charge < -0.3 is 15.7 Å². The Bertz CT molecular complexity index is 743. The zero-order valence-electron chi connectivity index (χ0n) is 13.2. The number of aliphatic carboxylic acids is 1. The van der Waals surface area contributed by atoms with Crippen molar-refractivity contribution in [2.75, 3.05) is 13.1 Å². The molecule has 0 unspecified atom stereocenters. The summed E-state index contributed by atoms with van der Waals surface area (Å²) in [6.45, 7) is 0.556. The highest BCUT2D eigenvalue weighted by Crippen LogP contribution is 2.15. The number of amides is 2. The average Bonchev–Trinajstić information content (AvgIpc) is 2.58. The highest BCUT2D eigenvalue weighted by atomic mass is 16.4. The number of nitrogens with one attached hydrogen (secondary N) is 2. The van der Waals surface area contributed by atoms with Crippen LogP contribution < -0.4 is 10.6 Å². The van der Waals surface area contributed by atoms with Crippen LogP contribution in [0.4, 0.5) is 0 Å². The highest BCUT2D eigenvalue weighted by molar-refractivity contribution is 5.98. The van der Waals surface area contributed by atoms with E-state index in [4.69, 9.17) is 5.11 Å². The summed E-state index contributed by atoms with van der Waals surface area (Å²) in [5.74, 6) is -1.31. The van der Waals surface area contributed by atoms with Crippen molar-refractivity contribution in [1.82, 2.24) is 10.6 Å². The van der Waals surface area contributed by atoms with Crippen LogP contribution in [0.5, 0.6) is 0 Å². The van der Waals surface area contributed by atoms with E-state index < -0.39 is 5.97 Å².